The number of sulfonamides is 1. The van der Waals surface area contributed by atoms with Gasteiger partial charge in [0.1, 0.15) is 12.4 Å². The van der Waals surface area contributed by atoms with Crippen LogP contribution in [0.15, 0.2) is 47.4 Å². The average molecular weight is 475 g/mol. The molecular weight excluding hydrogens is 440 g/mol. The van der Waals surface area contributed by atoms with Crippen molar-refractivity contribution < 1.29 is 17.9 Å². The Labute approximate surface area is 197 Å². The molecule has 0 aromatic heterocycles. The molecule has 2 aromatic rings. The van der Waals surface area contributed by atoms with Gasteiger partial charge < -0.3 is 20.3 Å². The van der Waals surface area contributed by atoms with E-state index in [2.05, 4.69) is 10.6 Å². The number of rotatable bonds is 10. The van der Waals surface area contributed by atoms with Gasteiger partial charge in [-0.2, -0.15) is 4.31 Å². The fraction of sp³-hybridized carbons (Fsp3) is 0.458. The Morgan fingerprint density at radius 2 is 1.85 bits per heavy atom. The van der Waals surface area contributed by atoms with Gasteiger partial charge >= 0.3 is 0 Å². The molecule has 1 fully saturated rings. The lowest BCUT2D eigenvalue weighted by atomic mass is 10.2. The summed E-state index contributed by atoms with van der Waals surface area (Å²) in [5.74, 6) is 0.571. The van der Waals surface area contributed by atoms with Gasteiger partial charge in [-0.15, -0.1) is 0 Å². The van der Waals surface area contributed by atoms with Crippen LogP contribution in [0.2, 0.25) is 0 Å². The Kier molecular flexibility index (Phi) is 8.57. The minimum absolute atomic E-state index is 0.0263. The lowest BCUT2D eigenvalue weighted by molar-refractivity contribution is -0.119. The number of anilines is 2. The smallest absolute Gasteiger partial charge is 0.243 e. The molecule has 0 bridgehead atoms. The zero-order chi connectivity index (χ0) is 23.8. The topological polar surface area (TPSA) is 91.0 Å². The predicted octanol–water partition coefficient (Wildman–Crippen LogP) is 2.84. The van der Waals surface area contributed by atoms with E-state index in [-0.39, 0.29) is 17.3 Å². The number of nitrogens with zero attached hydrogens (tertiary/aromatic N) is 2. The fourth-order valence-electron chi connectivity index (χ4n) is 3.76. The van der Waals surface area contributed by atoms with Crippen molar-refractivity contribution in [3.8, 4) is 5.75 Å². The van der Waals surface area contributed by atoms with Gasteiger partial charge in [-0.3, -0.25) is 4.79 Å². The van der Waals surface area contributed by atoms with Crippen LogP contribution in [0.1, 0.15) is 24.8 Å². The van der Waals surface area contributed by atoms with Crippen LogP contribution in [0.5, 0.6) is 5.75 Å². The third-order valence-corrected chi connectivity index (χ3v) is 7.42. The molecule has 0 saturated carbocycles. The van der Waals surface area contributed by atoms with E-state index in [0.29, 0.717) is 31.9 Å². The van der Waals surface area contributed by atoms with Crippen LogP contribution in [0, 0.1) is 6.92 Å². The van der Waals surface area contributed by atoms with Gasteiger partial charge in [0, 0.05) is 27.2 Å². The van der Waals surface area contributed by atoms with Crippen molar-refractivity contribution in [1.82, 2.24) is 9.62 Å². The quantitative estimate of drug-likeness (QED) is 0.515. The van der Waals surface area contributed by atoms with E-state index in [0.717, 1.165) is 36.3 Å². The Morgan fingerprint density at radius 3 is 2.55 bits per heavy atom. The highest BCUT2D eigenvalue weighted by atomic mass is 32.2. The molecule has 2 N–H and O–H groups in total. The van der Waals surface area contributed by atoms with Crippen LogP contribution in [0.3, 0.4) is 0 Å². The van der Waals surface area contributed by atoms with Gasteiger partial charge in [0.15, 0.2) is 0 Å². The summed E-state index contributed by atoms with van der Waals surface area (Å²) >= 11 is 0. The molecule has 1 heterocycles. The first-order valence-corrected chi connectivity index (χ1v) is 12.7. The maximum atomic E-state index is 13.1. The van der Waals surface area contributed by atoms with Crippen LogP contribution in [-0.4, -0.2) is 65.5 Å². The van der Waals surface area contributed by atoms with Crippen LogP contribution in [-0.2, 0) is 14.8 Å². The van der Waals surface area contributed by atoms with Gasteiger partial charge in [-0.05, 0) is 55.7 Å². The summed E-state index contributed by atoms with van der Waals surface area (Å²) in [6, 6.07) is 12.8. The highest BCUT2D eigenvalue weighted by Crippen LogP contribution is 2.30. The maximum absolute atomic E-state index is 13.1. The number of hydrogen-bond donors (Lipinski definition) is 2. The molecule has 0 aliphatic carbocycles. The molecule has 2 aromatic carbocycles. The van der Waals surface area contributed by atoms with Crippen molar-refractivity contribution in [2.45, 2.75) is 31.1 Å². The second-order valence-electron chi connectivity index (χ2n) is 8.41. The summed E-state index contributed by atoms with van der Waals surface area (Å²) in [6.45, 7) is 3.86. The molecule has 1 aliphatic heterocycles. The molecule has 9 heteroatoms. The molecule has 0 radical (unpaired) electrons. The third kappa shape index (κ3) is 6.85. The standard InChI is InChI=1S/C24H34N4O4S/c1-19-8-7-9-20(16-19)32-15-12-25-24(29)18-26-22-17-21(10-11-23(22)27(2)3)33(30,31)28-13-5-4-6-14-28/h7-11,16-17,26H,4-6,12-15,18H2,1-3H3,(H,25,29). The summed E-state index contributed by atoms with van der Waals surface area (Å²) in [4.78, 5) is 14.4. The molecule has 0 atom stereocenters. The first-order chi connectivity index (χ1) is 15.8. The summed E-state index contributed by atoms with van der Waals surface area (Å²) in [7, 11) is 0.199. The Bertz CT molecular complexity index is 1050. The molecule has 8 nitrogen and oxygen atoms in total. The van der Waals surface area contributed by atoms with E-state index in [1.807, 2.05) is 50.2 Å². The van der Waals surface area contributed by atoms with E-state index in [1.54, 1.807) is 22.5 Å². The minimum atomic E-state index is -3.55. The van der Waals surface area contributed by atoms with E-state index in [4.69, 9.17) is 4.74 Å². The van der Waals surface area contributed by atoms with Gasteiger partial charge in [-0.1, -0.05) is 18.6 Å². The number of nitrogens with one attached hydrogen (secondary N) is 2. The number of piperidine rings is 1. The molecular formula is C24H34N4O4S. The summed E-state index contributed by atoms with van der Waals surface area (Å²) in [6.07, 6.45) is 2.82. The molecule has 0 unspecified atom stereocenters. The highest BCUT2D eigenvalue weighted by molar-refractivity contribution is 7.89. The lowest BCUT2D eigenvalue weighted by Crippen LogP contribution is -2.35. The summed E-state index contributed by atoms with van der Waals surface area (Å²) in [5.41, 5.74) is 2.52. The SMILES string of the molecule is Cc1cccc(OCCNC(=O)CNc2cc(S(=O)(=O)N3CCCCC3)ccc2N(C)C)c1. The molecule has 1 saturated heterocycles. The predicted molar refractivity (Wildman–Crippen MR) is 132 cm³/mol. The Balaban J connectivity index is 1.58. The van der Waals surface area contributed by atoms with E-state index in [9.17, 15) is 13.2 Å². The van der Waals surface area contributed by atoms with Gasteiger partial charge in [0.2, 0.25) is 15.9 Å². The first-order valence-electron chi connectivity index (χ1n) is 11.3. The molecule has 33 heavy (non-hydrogen) atoms. The number of benzene rings is 2. The average Bonchev–Trinajstić information content (AvgIpc) is 2.81. The molecule has 180 valence electrons. The molecule has 0 spiro atoms. The zero-order valence-corrected chi connectivity index (χ0v) is 20.5. The van der Waals surface area contributed by atoms with Crippen molar-refractivity contribution in [2.24, 2.45) is 0 Å². The molecule has 1 amide bonds. The minimum Gasteiger partial charge on any atom is -0.492 e. The number of ether oxygens (including phenoxy) is 1. The van der Waals surface area contributed by atoms with Gasteiger partial charge in [-0.25, -0.2) is 8.42 Å². The van der Waals surface area contributed by atoms with Crippen molar-refractivity contribution in [1.29, 1.82) is 0 Å². The van der Waals surface area contributed by atoms with Crippen molar-refractivity contribution in [3.05, 3.63) is 48.0 Å². The van der Waals surface area contributed by atoms with Crippen molar-refractivity contribution in [3.63, 3.8) is 0 Å². The Hall–Kier alpha value is -2.78. The third-order valence-electron chi connectivity index (χ3n) is 5.52. The summed E-state index contributed by atoms with van der Waals surface area (Å²) < 4.78 is 33.3. The summed E-state index contributed by atoms with van der Waals surface area (Å²) in [5, 5.41) is 5.91. The van der Waals surface area contributed by atoms with Crippen LogP contribution < -0.4 is 20.3 Å². The van der Waals surface area contributed by atoms with Gasteiger partial charge in [0.25, 0.3) is 0 Å². The number of carbonyl (C=O) groups is 1. The normalized spacial score (nSPS) is 14.5. The van der Waals surface area contributed by atoms with Crippen LogP contribution in [0.4, 0.5) is 11.4 Å². The van der Waals surface area contributed by atoms with Crippen molar-refractivity contribution in [2.75, 3.05) is 57.1 Å². The first kappa shape index (κ1) is 24.9. The van der Waals surface area contributed by atoms with E-state index >= 15 is 0 Å². The second kappa shape index (κ2) is 11.4. The second-order valence-corrected chi connectivity index (χ2v) is 10.3. The zero-order valence-electron chi connectivity index (χ0n) is 19.6. The van der Waals surface area contributed by atoms with E-state index in [1.165, 1.54) is 0 Å². The fourth-order valence-corrected chi connectivity index (χ4v) is 5.31. The monoisotopic (exact) mass is 474 g/mol. The van der Waals surface area contributed by atoms with Crippen LogP contribution >= 0.6 is 0 Å². The largest absolute Gasteiger partial charge is 0.492 e. The Morgan fingerprint density at radius 1 is 1.09 bits per heavy atom. The lowest BCUT2D eigenvalue weighted by Gasteiger charge is -2.27. The molecule has 1 aliphatic rings. The highest BCUT2D eigenvalue weighted by Gasteiger charge is 2.26. The maximum Gasteiger partial charge on any atom is 0.243 e. The number of carbonyl (C=O) groups excluding carboxylic acids is 1. The number of amides is 1. The number of hydrogen-bond acceptors (Lipinski definition) is 6. The van der Waals surface area contributed by atoms with Crippen LogP contribution in [0.25, 0.3) is 0 Å². The number of aryl methyl sites for hydroxylation is 1. The van der Waals surface area contributed by atoms with E-state index < -0.39 is 10.0 Å². The van der Waals surface area contributed by atoms with Gasteiger partial charge in [0.05, 0.1) is 29.4 Å². The van der Waals surface area contributed by atoms with Crippen molar-refractivity contribution >= 4 is 27.3 Å². The molecule has 3 rings (SSSR count).